The van der Waals surface area contributed by atoms with E-state index in [1.54, 1.807) is 55.6 Å². The third-order valence-electron chi connectivity index (χ3n) is 3.04. The Morgan fingerprint density at radius 3 is 2.67 bits per heavy atom. The second-order valence-corrected chi connectivity index (χ2v) is 4.95. The number of benzene rings is 2. The zero-order chi connectivity index (χ0) is 15.2. The first kappa shape index (κ1) is 15.4. The van der Waals surface area contributed by atoms with E-state index < -0.39 is 6.10 Å². The molecule has 1 unspecified atom stereocenters. The van der Waals surface area contributed by atoms with Gasteiger partial charge in [0, 0.05) is 17.1 Å². The molecule has 0 radical (unpaired) electrons. The lowest BCUT2D eigenvalue weighted by Gasteiger charge is -2.12. The van der Waals surface area contributed by atoms with Gasteiger partial charge in [-0.25, -0.2) is 0 Å². The van der Waals surface area contributed by atoms with Crippen LogP contribution in [0.1, 0.15) is 22.0 Å². The molecule has 2 aromatic carbocycles. The van der Waals surface area contributed by atoms with Gasteiger partial charge in [0.1, 0.15) is 5.75 Å². The van der Waals surface area contributed by atoms with Crippen molar-refractivity contribution >= 4 is 17.5 Å². The lowest BCUT2D eigenvalue weighted by atomic mass is 10.1. The summed E-state index contributed by atoms with van der Waals surface area (Å²) in [6.07, 6.45) is -0.781. The predicted molar refractivity (Wildman–Crippen MR) is 81.7 cm³/mol. The highest BCUT2D eigenvalue weighted by atomic mass is 35.5. The quantitative estimate of drug-likeness (QED) is 0.893. The van der Waals surface area contributed by atoms with Crippen LogP contribution in [-0.2, 0) is 0 Å². The highest BCUT2D eigenvalue weighted by Crippen LogP contribution is 2.16. The van der Waals surface area contributed by atoms with Gasteiger partial charge >= 0.3 is 0 Å². The number of aliphatic hydroxyl groups excluding tert-OH is 1. The van der Waals surface area contributed by atoms with Crippen LogP contribution in [-0.4, -0.2) is 24.7 Å². The number of hydrogen-bond donors (Lipinski definition) is 2. The Morgan fingerprint density at radius 2 is 2.00 bits per heavy atom. The van der Waals surface area contributed by atoms with Gasteiger partial charge in [-0.1, -0.05) is 29.8 Å². The van der Waals surface area contributed by atoms with Gasteiger partial charge in [0.05, 0.1) is 13.2 Å². The molecule has 0 aromatic heterocycles. The summed E-state index contributed by atoms with van der Waals surface area (Å²) in [6, 6.07) is 13.7. The van der Waals surface area contributed by atoms with Crippen molar-refractivity contribution < 1.29 is 14.6 Å². The minimum atomic E-state index is -0.781. The Morgan fingerprint density at radius 1 is 1.29 bits per heavy atom. The zero-order valence-electron chi connectivity index (χ0n) is 11.5. The molecule has 0 spiro atoms. The van der Waals surface area contributed by atoms with Crippen molar-refractivity contribution in [1.82, 2.24) is 5.32 Å². The Kier molecular flexibility index (Phi) is 5.20. The molecule has 0 bridgehead atoms. The summed E-state index contributed by atoms with van der Waals surface area (Å²) in [4.78, 5) is 12.0. The minimum absolute atomic E-state index is 0.123. The van der Waals surface area contributed by atoms with Crippen LogP contribution in [0.5, 0.6) is 5.75 Å². The molecule has 2 rings (SSSR count). The number of rotatable bonds is 5. The Bertz CT molecular complexity index is 613. The molecule has 2 N–H and O–H groups in total. The number of carbonyl (C=O) groups is 1. The number of halogens is 1. The Hall–Kier alpha value is -2.04. The lowest BCUT2D eigenvalue weighted by molar-refractivity contribution is 0.0916. The average molecular weight is 306 g/mol. The van der Waals surface area contributed by atoms with Crippen LogP contribution < -0.4 is 10.1 Å². The molecule has 1 atom stereocenters. The van der Waals surface area contributed by atoms with Crippen molar-refractivity contribution in [1.29, 1.82) is 0 Å². The molecule has 0 fully saturated rings. The molecule has 0 aliphatic carbocycles. The summed E-state index contributed by atoms with van der Waals surface area (Å²) in [6.45, 7) is 0.123. The maximum absolute atomic E-state index is 12.0. The largest absolute Gasteiger partial charge is 0.497 e. The van der Waals surface area contributed by atoms with Crippen LogP contribution >= 0.6 is 11.6 Å². The fourth-order valence-electron chi connectivity index (χ4n) is 1.86. The van der Waals surface area contributed by atoms with Gasteiger partial charge in [0.2, 0.25) is 0 Å². The standard InChI is InChI=1S/C16H16ClNO3/c1-21-14-4-2-3-12(9-14)16(20)18-10-15(19)11-5-7-13(17)8-6-11/h2-9,15,19H,10H2,1H3,(H,18,20). The van der Waals surface area contributed by atoms with Crippen LogP contribution in [0.4, 0.5) is 0 Å². The maximum Gasteiger partial charge on any atom is 0.251 e. The molecule has 0 aliphatic heterocycles. The first-order valence-corrected chi connectivity index (χ1v) is 6.83. The number of aliphatic hydroxyl groups is 1. The topological polar surface area (TPSA) is 58.6 Å². The van der Waals surface area contributed by atoms with Crippen molar-refractivity contribution in [2.45, 2.75) is 6.10 Å². The molecular formula is C16H16ClNO3. The van der Waals surface area contributed by atoms with Crippen molar-refractivity contribution in [3.8, 4) is 5.75 Å². The smallest absolute Gasteiger partial charge is 0.251 e. The SMILES string of the molecule is COc1cccc(C(=O)NCC(O)c2ccc(Cl)cc2)c1. The number of amides is 1. The van der Waals surface area contributed by atoms with Crippen molar-refractivity contribution in [2.24, 2.45) is 0 Å². The van der Waals surface area contributed by atoms with Crippen LogP contribution in [0.2, 0.25) is 5.02 Å². The molecule has 0 saturated carbocycles. The summed E-state index contributed by atoms with van der Waals surface area (Å²) in [7, 11) is 1.54. The number of carbonyl (C=O) groups excluding carboxylic acids is 1. The van der Waals surface area contributed by atoms with Gasteiger partial charge in [0.15, 0.2) is 0 Å². The first-order chi connectivity index (χ1) is 10.1. The normalized spacial score (nSPS) is 11.8. The molecule has 4 nitrogen and oxygen atoms in total. The minimum Gasteiger partial charge on any atom is -0.497 e. The van der Waals surface area contributed by atoms with Crippen LogP contribution in [0, 0.1) is 0 Å². The van der Waals surface area contributed by atoms with Crippen LogP contribution in [0.15, 0.2) is 48.5 Å². The molecule has 110 valence electrons. The summed E-state index contributed by atoms with van der Waals surface area (Å²) < 4.78 is 5.07. The third-order valence-corrected chi connectivity index (χ3v) is 3.29. The number of nitrogens with one attached hydrogen (secondary N) is 1. The summed E-state index contributed by atoms with van der Waals surface area (Å²) in [5, 5.41) is 13.3. The number of ether oxygens (including phenoxy) is 1. The molecule has 2 aromatic rings. The van der Waals surface area contributed by atoms with Gasteiger partial charge < -0.3 is 15.2 Å². The fourth-order valence-corrected chi connectivity index (χ4v) is 1.98. The summed E-state index contributed by atoms with van der Waals surface area (Å²) >= 11 is 5.79. The van der Waals surface area contributed by atoms with Crippen LogP contribution in [0.25, 0.3) is 0 Å². The number of methoxy groups -OCH3 is 1. The molecular weight excluding hydrogens is 290 g/mol. The van der Waals surface area contributed by atoms with Gasteiger partial charge in [-0.2, -0.15) is 0 Å². The molecule has 1 amide bonds. The van der Waals surface area contributed by atoms with Gasteiger partial charge in [-0.3, -0.25) is 4.79 Å². The van der Waals surface area contributed by atoms with Crippen molar-refractivity contribution in [3.63, 3.8) is 0 Å². The second kappa shape index (κ2) is 7.11. The molecule has 5 heteroatoms. The Labute approximate surface area is 128 Å². The van der Waals surface area contributed by atoms with E-state index in [0.29, 0.717) is 21.9 Å². The van der Waals surface area contributed by atoms with Crippen molar-refractivity contribution in [3.05, 3.63) is 64.7 Å². The number of hydrogen-bond acceptors (Lipinski definition) is 3. The molecule has 21 heavy (non-hydrogen) atoms. The van der Waals surface area contributed by atoms with Gasteiger partial charge in [-0.15, -0.1) is 0 Å². The van der Waals surface area contributed by atoms with Gasteiger partial charge in [0.25, 0.3) is 5.91 Å². The summed E-state index contributed by atoms with van der Waals surface area (Å²) in [5.41, 5.74) is 1.18. The van der Waals surface area contributed by atoms with E-state index >= 15 is 0 Å². The maximum atomic E-state index is 12.0. The zero-order valence-corrected chi connectivity index (χ0v) is 12.3. The Balaban J connectivity index is 1.95. The van der Waals surface area contributed by atoms with Gasteiger partial charge in [-0.05, 0) is 35.9 Å². The van der Waals surface area contributed by atoms with E-state index in [2.05, 4.69) is 5.32 Å². The highest BCUT2D eigenvalue weighted by molar-refractivity contribution is 6.30. The highest BCUT2D eigenvalue weighted by Gasteiger charge is 2.11. The fraction of sp³-hybridized carbons (Fsp3) is 0.188. The van der Waals surface area contributed by atoms with E-state index in [0.717, 1.165) is 0 Å². The van der Waals surface area contributed by atoms with E-state index in [1.165, 1.54) is 0 Å². The monoisotopic (exact) mass is 305 g/mol. The molecule has 0 aliphatic rings. The molecule has 0 heterocycles. The second-order valence-electron chi connectivity index (χ2n) is 4.51. The van der Waals surface area contributed by atoms with E-state index in [1.807, 2.05) is 0 Å². The first-order valence-electron chi connectivity index (χ1n) is 6.46. The third kappa shape index (κ3) is 4.21. The van der Waals surface area contributed by atoms with E-state index in [9.17, 15) is 9.90 Å². The lowest BCUT2D eigenvalue weighted by Crippen LogP contribution is -2.28. The van der Waals surface area contributed by atoms with Crippen LogP contribution in [0.3, 0.4) is 0 Å². The van der Waals surface area contributed by atoms with Crippen molar-refractivity contribution in [2.75, 3.05) is 13.7 Å². The summed E-state index contributed by atoms with van der Waals surface area (Å²) in [5.74, 6) is 0.350. The average Bonchev–Trinajstić information content (AvgIpc) is 2.53. The van der Waals surface area contributed by atoms with E-state index in [-0.39, 0.29) is 12.5 Å². The molecule has 0 saturated heterocycles. The van der Waals surface area contributed by atoms with E-state index in [4.69, 9.17) is 16.3 Å². The predicted octanol–water partition coefficient (Wildman–Crippen LogP) is 2.81.